The first-order valence-corrected chi connectivity index (χ1v) is 9.53. The van der Waals surface area contributed by atoms with Gasteiger partial charge < -0.3 is 0 Å². The van der Waals surface area contributed by atoms with Crippen LogP contribution in [0, 0.1) is 0 Å². The van der Waals surface area contributed by atoms with Crippen LogP contribution in [0.2, 0.25) is 5.02 Å². The van der Waals surface area contributed by atoms with Gasteiger partial charge >= 0.3 is 0 Å². The Hall–Kier alpha value is -2.76. The number of para-hydroxylation sites is 2. The number of nitrogens with zero attached hydrogens (tertiary/aromatic N) is 4. The van der Waals surface area contributed by atoms with Crippen molar-refractivity contribution < 1.29 is 0 Å². The summed E-state index contributed by atoms with van der Waals surface area (Å²) in [6.07, 6.45) is 0. The van der Waals surface area contributed by atoms with Gasteiger partial charge in [-0.3, -0.25) is 4.57 Å². The lowest BCUT2D eigenvalue weighted by atomic mass is 10.2. The van der Waals surface area contributed by atoms with E-state index in [1.807, 2.05) is 77.4 Å². The molecule has 0 spiro atoms. The first kappa shape index (κ1) is 16.4. The summed E-state index contributed by atoms with van der Waals surface area (Å²) in [6.45, 7) is 0. The Labute approximate surface area is 168 Å². The fraction of sp³-hybridized carbons (Fsp3) is 0. The van der Waals surface area contributed by atoms with E-state index in [-0.39, 0.29) is 0 Å². The minimum atomic E-state index is 0.603. The molecule has 0 bridgehead atoms. The third-order valence-corrected chi connectivity index (χ3v) is 5.10. The molecule has 0 aliphatic heterocycles. The molecule has 3 aromatic carbocycles. The first-order chi connectivity index (χ1) is 13.2. The van der Waals surface area contributed by atoms with Crippen LogP contribution in [0.4, 0.5) is 0 Å². The minimum absolute atomic E-state index is 0.603. The molecule has 0 saturated carbocycles. The molecule has 2 aromatic heterocycles. The van der Waals surface area contributed by atoms with Gasteiger partial charge in [0.25, 0.3) is 0 Å². The summed E-state index contributed by atoms with van der Waals surface area (Å²) in [7, 11) is 0. The number of fused-ring (bicyclic) bond motifs is 2. The van der Waals surface area contributed by atoms with E-state index in [0.29, 0.717) is 16.3 Å². The quantitative estimate of drug-likeness (QED) is 0.339. The normalized spacial score (nSPS) is 11.3. The third kappa shape index (κ3) is 2.89. The van der Waals surface area contributed by atoms with Crippen molar-refractivity contribution in [2.24, 2.45) is 0 Å². The second kappa shape index (κ2) is 6.44. The van der Waals surface area contributed by atoms with Crippen LogP contribution in [-0.2, 0) is 0 Å². The van der Waals surface area contributed by atoms with Crippen LogP contribution in [0.3, 0.4) is 0 Å². The monoisotopic (exact) mass is 434 g/mol. The molecule has 0 N–H and O–H groups in total. The van der Waals surface area contributed by atoms with Crippen LogP contribution in [0.1, 0.15) is 0 Å². The van der Waals surface area contributed by atoms with E-state index in [2.05, 4.69) is 15.9 Å². The predicted octanol–water partition coefficient (Wildman–Crippen LogP) is 6.05. The van der Waals surface area contributed by atoms with Crippen LogP contribution in [0.5, 0.6) is 0 Å². The number of hydrogen-bond donors (Lipinski definition) is 0. The van der Waals surface area contributed by atoms with E-state index in [1.165, 1.54) is 0 Å². The number of halogens is 2. The van der Waals surface area contributed by atoms with Crippen LogP contribution in [0.15, 0.2) is 77.3 Å². The standard InChI is InChI=1S/C21H12BrClN4/c22-14-8-10-16(11-9-14)27-20(13-4-3-5-15(23)12-13)26-19-21(27)25-18-7-2-1-6-17(18)24-19/h1-12H. The lowest BCUT2D eigenvalue weighted by Gasteiger charge is -2.09. The van der Waals surface area contributed by atoms with Crippen molar-refractivity contribution in [2.45, 2.75) is 0 Å². The molecule has 27 heavy (non-hydrogen) atoms. The molecule has 0 saturated heterocycles. The number of benzene rings is 3. The van der Waals surface area contributed by atoms with Gasteiger partial charge in [0, 0.05) is 20.7 Å². The summed E-state index contributed by atoms with van der Waals surface area (Å²) in [5.41, 5.74) is 4.84. The van der Waals surface area contributed by atoms with E-state index in [4.69, 9.17) is 26.6 Å². The second-order valence-electron chi connectivity index (χ2n) is 6.12. The highest BCUT2D eigenvalue weighted by Gasteiger charge is 2.17. The molecule has 5 rings (SSSR count). The summed E-state index contributed by atoms with van der Waals surface area (Å²) in [5, 5.41) is 0.660. The fourth-order valence-electron chi connectivity index (χ4n) is 3.11. The molecule has 0 unspecified atom stereocenters. The summed E-state index contributed by atoms with van der Waals surface area (Å²) in [5.74, 6) is 0.755. The average Bonchev–Trinajstić information content (AvgIpc) is 3.05. The number of rotatable bonds is 2. The van der Waals surface area contributed by atoms with Gasteiger partial charge in [0.2, 0.25) is 0 Å². The lowest BCUT2D eigenvalue weighted by Crippen LogP contribution is -1.99. The molecule has 130 valence electrons. The lowest BCUT2D eigenvalue weighted by molar-refractivity contribution is 1.08. The maximum Gasteiger partial charge on any atom is 0.199 e. The highest BCUT2D eigenvalue weighted by atomic mass is 79.9. The fourth-order valence-corrected chi connectivity index (χ4v) is 3.57. The molecule has 0 radical (unpaired) electrons. The molecular weight excluding hydrogens is 424 g/mol. The highest BCUT2D eigenvalue weighted by Crippen LogP contribution is 2.30. The Morgan fingerprint density at radius 1 is 0.778 bits per heavy atom. The molecule has 6 heteroatoms. The van der Waals surface area contributed by atoms with Gasteiger partial charge in [0.1, 0.15) is 5.82 Å². The first-order valence-electron chi connectivity index (χ1n) is 8.36. The van der Waals surface area contributed by atoms with Crippen molar-refractivity contribution in [1.29, 1.82) is 0 Å². The molecular formula is C21H12BrClN4. The van der Waals surface area contributed by atoms with Crippen molar-refractivity contribution in [3.63, 3.8) is 0 Å². The van der Waals surface area contributed by atoms with Gasteiger partial charge in [-0.05, 0) is 48.5 Å². The van der Waals surface area contributed by atoms with Crippen molar-refractivity contribution in [2.75, 3.05) is 0 Å². The zero-order chi connectivity index (χ0) is 18.4. The van der Waals surface area contributed by atoms with E-state index < -0.39 is 0 Å². The van der Waals surface area contributed by atoms with E-state index >= 15 is 0 Å². The molecule has 2 heterocycles. The van der Waals surface area contributed by atoms with Crippen molar-refractivity contribution in [3.05, 3.63) is 82.3 Å². The molecule has 0 aliphatic carbocycles. The predicted molar refractivity (Wildman–Crippen MR) is 112 cm³/mol. The van der Waals surface area contributed by atoms with Gasteiger partial charge in [-0.2, -0.15) is 0 Å². The Balaban J connectivity index is 1.88. The number of aromatic nitrogens is 4. The summed E-state index contributed by atoms with van der Waals surface area (Å²) >= 11 is 9.72. The van der Waals surface area contributed by atoms with Gasteiger partial charge in [-0.25, -0.2) is 15.0 Å². The van der Waals surface area contributed by atoms with Gasteiger partial charge in [-0.15, -0.1) is 0 Å². The Morgan fingerprint density at radius 3 is 2.26 bits per heavy atom. The van der Waals surface area contributed by atoms with Gasteiger partial charge in [0.05, 0.1) is 11.0 Å². The van der Waals surface area contributed by atoms with Crippen molar-refractivity contribution in [1.82, 2.24) is 19.5 Å². The van der Waals surface area contributed by atoms with E-state index in [1.54, 1.807) is 0 Å². The number of imidazole rings is 1. The topological polar surface area (TPSA) is 43.6 Å². The summed E-state index contributed by atoms with van der Waals surface area (Å²) in [4.78, 5) is 14.3. The second-order valence-corrected chi connectivity index (χ2v) is 7.47. The smallest absolute Gasteiger partial charge is 0.199 e. The molecule has 0 aliphatic rings. The maximum absolute atomic E-state index is 6.22. The molecule has 0 fully saturated rings. The zero-order valence-corrected chi connectivity index (χ0v) is 16.3. The highest BCUT2D eigenvalue weighted by molar-refractivity contribution is 9.10. The van der Waals surface area contributed by atoms with Crippen molar-refractivity contribution >= 4 is 49.9 Å². The third-order valence-electron chi connectivity index (χ3n) is 4.34. The molecule has 0 atom stereocenters. The van der Waals surface area contributed by atoms with E-state index in [0.717, 1.165) is 32.6 Å². The van der Waals surface area contributed by atoms with Gasteiger partial charge in [0.15, 0.2) is 11.3 Å². The average molecular weight is 436 g/mol. The Bertz CT molecular complexity index is 1300. The van der Waals surface area contributed by atoms with E-state index in [9.17, 15) is 0 Å². The Morgan fingerprint density at radius 2 is 1.52 bits per heavy atom. The molecule has 0 amide bonds. The zero-order valence-electron chi connectivity index (χ0n) is 14.0. The van der Waals surface area contributed by atoms with Crippen LogP contribution >= 0.6 is 27.5 Å². The maximum atomic E-state index is 6.22. The molecule has 5 aromatic rings. The van der Waals surface area contributed by atoms with Crippen LogP contribution in [-0.4, -0.2) is 19.5 Å². The Kier molecular flexibility index (Phi) is 3.92. The number of hydrogen-bond acceptors (Lipinski definition) is 3. The SMILES string of the molecule is Clc1cccc(-c2nc3nc4ccccc4nc3n2-c2ccc(Br)cc2)c1. The van der Waals surface area contributed by atoms with Crippen LogP contribution < -0.4 is 0 Å². The van der Waals surface area contributed by atoms with Gasteiger partial charge in [-0.1, -0.05) is 51.8 Å². The van der Waals surface area contributed by atoms with Crippen molar-refractivity contribution in [3.8, 4) is 17.1 Å². The van der Waals surface area contributed by atoms with Crippen LogP contribution in [0.25, 0.3) is 39.4 Å². The summed E-state index contributed by atoms with van der Waals surface area (Å²) in [6, 6.07) is 23.5. The largest absolute Gasteiger partial charge is 0.275 e. The summed E-state index contributed by atoms with van der Waals surface area (Å²) < 4.78 is 3.03. The molecule has 4 nitrogen and oxygen atoms in total. The minimum Gasteiger partial charge on any atom is -0.275 e.